The third-order valence-corrected chi connectivity index (χ3v) is 11.9. The van der Waals surface area contributed by atoms with Crippen molar-refractivity contribution in [2.75, 3.05) is 27.2 Å². The number of nitrogens with one attached hydrogen (secondary N) is 1. The Hall–Kier alpha value is -2.49. The van der Waals surface area contributed by atoms with E-state index in [0.717, 1.165) is 48.8 Å². The van der Waals surface area contributed by atoms with Crippen molar-refractivity contribution < 1.29 is 17.6 Å². The number of sulfonamides is 1. The molecule has 1 saturated carbocycles. The first kappa shape index (κ1) is 32.9. The van der Waals surface area contributed by atoms with E-state index in [0.29, 0.717) is 24.8 Å². The third kappa shape index (κ3) is 7.48. The van der Waals surface area contributed by atoms with Gasteiger partial charge in [-0.3, -0.25) is 4.79 Å². The van der Waals surface area contributed by atoms with Crippen molar-refractivity contribution in [2.45, 2.75) is 61.9 Å². The zero-order chi connectivity index (χ0) is 31.4. The molecule has 5 rings (SSSR count). The largest absolute Gasteiger partial charge is 0.356 e. The van der Waals surface area contributed by atoms with Gasteiger partial charge in [0.2, 0.25) is 15.9 Å². The number of halogens is 3. The summed E-state index contributed by atoms with van der Waals surface area (Å²) in [5.41, 5.74) is 3.05. The number of carbonyl (C=O) groups is 1. The Morgan fingerprint density at radius 1 is 1.00 bits per heavy atom. The van der Waals surface area contributed by atoms with Crippen LogP contribution in [-0.2, 0) is 21.2 Å². The van der Waals surface area contributed by atoms with Crippen molar-refractivity contribution in [1.29, 1.82) is 0 Å². The van der Waals surface area contributed by atoms with Gasteiger partial charge in [0.1, 0.15) is 5.82 Å². The number of amides is 1. The molecule has 2 unspecified atom stereocenters. The minimum Gasteiger partial charge on any atom is -0.356 e. The molecule has 1 heterocycles. The van der Waals surface area contributed by atoms with Gasteiger partial charge >= 0.3 is 0 Å². The summed E-state index contributed by atoms with van der Waals surface area (Å²) in [6, 6.07) is 18.5. The molecular formula is C34H40Cl2FN3O3S. The molecule has 1 aliphatic carbocycles. The molecule has 1 amide bonds. The highest BCUT2D eigenvalue weighted by molar-refractivity contribution is 7.89. The predicted molar refractivity (Wildman–Crippen MR) is 174 cm³/mol. The van der Waals surface area contributed by atoms with E-state index in [1.165, 1.54) is 34.6 Å². The zero-order valence-corrected chi connectivity index (χ0v) is 27.5. The average molecular weight is 661 g/mol. The third-order valence-electron chi connectivity index (χ3n) is 9.22. The van der Waals surface area contributed by atoms with E-state index in [4.69, 9.17) is 23.2 Å². The molecule has 6 nitrogen and oxygen atoms in total. The summed E-state index contributed by atoms with van der Waals surface area (Å²) in [5, 5.41) is 3.53. The first-order chi connectivity index (χ1) is 21.0. The van der Waals surface area contributed by atoms with Gasteiger partial charge < -0.3 is 10.2 Å². The van der Waals surface area contributed by atoms with Crippen LogP contribution in [0.3, 0.4) is 0 Å². The van der Waals surface area contributed by atoms with Crippen molar-refractivity contribution in [1.82, 2.24) is 14.5 Å². The van der Waals surface area contributed by atoms with E-state index in [1.807, 2.05) is 36.4 Å². The van der Waals surface area contributed by atoms with E-state index in [9.17, 15) is 17.6 Å². The minimum absolute atomic E-state index is 0.0342. The fraction of sp³-hybridized carbons (Fsp3) is 0.441. The Bertz CT molecular complexity index is 1560. The number of hydrogen-bond donors (Lipinski definition) is 1. The van der Waals surface area contributed by atoms with Crippen molar-refractivity contribution in [2.24, 2.45) is 11.8 Å². The predicted octanol–water partition coefficient (Wildman–Crippen LogP) is 7.43. The summed E-state index contributed by atoms with van der Waals surface area (Å²) >= 11 is 12.2. The molecule has 1 aliphatic heterocycles. The minimum atomic E-state index is -3.93. The molecule has 44 heavy (non-hydrogen) atoms. The van der Waals surface area contributed by atoms with Gasteiger partial charge in [0, 0.05) is 25.6 Å². The smallest absolute Gasteiger partial charge is 0.243 e. The normalized spacial score (nSPS) is 21.5. The maximum Gasteiger partial charge on any atom is 0.243 e. The second kappa shape index (κ2) is 14.3. The number of rotatable bonds is 10. The summed E-state index contributed by atoms with van der Waals surface area (Å²) in [4.78, 5) is 15.6. The van der Waals surface area contributed by atoms with Gasteiger partial charge in [0.25, 0.3) is 0 Å². The highest BCUT2D eigenvalue weighted by Crippen LogP contribution is 2.41. The quantitative estimate of drug-likeness (QED) is 0.246. The Balaban J connectivity index is 1.19. The van der Waals surface area contributed by atoms with Gasteiger partial charge in [-0.2, -0.15) is 4.31 Å². The van der Waals surface area contributed by atoms with Crippen molar-refractivity contribution >= 4 is 39.1 Å². The van der Waals surface area contributed by atoms with Gasteiger partial charge in [0.05, 0.1) is 21.0 Å². The number of nitrogens with zero attached hydrogens (tertiary/aromatic N) is 2. The molecule has 3 aromatic carbocycles. The van der Waals surface area contributed by atoms with Gasteiger partial charge in [-0.1, -0.05) is 72.4 Å². The number of benzene rings is 3. The standard InChI is InChI=1S/C34H40Cl2FN3O3S/c1-39(2)34(26-11-13-27(37)14-12-26)25-9-7-23(8-10-25)17-19-38-33(41)22-32-29-6-4-3-5-24(29)18-20-40(32)44(42,43)28-15-16-30(35)31(36)21-28/h3-6,11-16,21,23,25,32,34H,7-10,17-20,22H2,1-2H3,(H,38,41). The monoisotopic (exact) mass is 659 g/mol. The Morgan fingerprint density at radius 2 is 1.70 bits per heavy atom. The lowest BCUT2D eigenvalue weighted by molar-refractivity contribution is -0.122. The van der Waals surface area contributed by atoms with Crippen LogP contribution in [0.5, 0.6) is 0 Å². The second-order valence-electron chi connectivity index (χ2n) is 12.2. The van der Waals surface area contributed by atoms with E-state index in [1.54, 1.807) is 0 Å². The fourth-order valence-corrected chi connectivity index (χ4v) is 9.00. The van der Waals surface area contributed by atoms with Crippen LogP contribution in [0, 0.1) is 17.7 Å². The Kier molecular flexibility index (Phi) is 10.7. The number of hydrogen-bond acceptors (Lipinski definition) is 4. The molecule has 0 saturated heterocycles. The van der Waals surface area contributed by atoms with E-state index in [2.05, 4.69) is 24.3 Å². The molecule has 10 heteroatoms. The maximum atomic E-state index is 13.8. The van der Waals surface area contributed by atoms with Crippen LogP contribution in [0.4, 0.5) is 4.39 Å². The van der Waals surface area contributed by atoms with Gasteiger partial charge in [-0.05, 0) is 98.6 Å². The Morgan fingerprint density at radius 3 is 2.39 bits per heavy atom. The first-order valence-corrected chi connectivity index (χ1v) is 17.5. The molecule has 2 aliphatic rings. The zero-order valence-electron chi connectivity index (χ0n) is 25.2. The molecule has 236 valence electrons. The van der Waals surface area contributed by atoms with Crippen LogP contribution >= 0.6 is 23.2 Å². The fourth-order valence-electron chi connectivity index (χ4n) is 7.01. The summed E-state index contributed by atoms with van der Waals surface area (Å²) in [5.74, 6) is 0.630. The molecule has 1 N–H and O–H groups in total. The van der Waals surface area contributed by atoms with Crippen LogP contribution in [0.2, 0.25) is 10.0 Å². The molecule has 3 aromatic rings. The van der Waals surface area contributed by atoms with Crippen molar-refractivity contribution in [3.8, 4) is 0 Å². The second-order valence-corrected chi connectivity index (χ2v) is 14.9. The van der Waals surface area contributed by atoms with E-state index < -0.39 is 16.1 Å². The maximum absolute atomic E-state index is 13.8. The van der Waals surface area contributed by atoms with Crippen LogP contribution in [0.1, 0.15) is 67.3 Å². The van der Waals surface area contributed by atoms with E-state index in [-0.39, 0.29) is 45.7 Å². The van der Waals surface area contributed by atoms with Crippen molar-refractivity contribution in [3.05, 3.63) is 99.3 Å². The highest BCUT2D eigenvalue weighted by atomic mass is 35.5. The van der Waals surface area contributed by atoms with Crippen LogP contribution in [-0.4, -0.2) is 50.7 Å². The van der Waals surface area contributed by atoms with Crippen molar-refractivity contribution in [3.63, 3.8) is 0 Å². The highest BCUT2D eigenvalue weighted by Gasteiger charge is 2.38. The lowest BCUT2D eigenvalue weighted by Gasteiger charge is -2.38. The molecule has 0 aromatic heterocycles. The number of carbonyl (C=O) groups excluding carboxylic acids is 1. The first-order valence-electron chi connectivity index (χ1n) is 15.3. The number of fused-ring (bicyclic) bond motifs is 1. The van der Waals surface area contributed by atoms with Gasteiger partial charge in [-0.15, -0.1) is 0 Å². The summed E-state index contributed by atoms with van der Waals surface area (Å²) < 4.78 is 42.5. The Labute approximate surface area is 270 Å². The molecule has 2 atom stereocenters. The molecule has 1 fully saturated rings. The molecule has 0 spiro atoms. The molecular weight excluding hydrogens is 620 g/mol. The summed E-state index contributed by atoms with van der Waals surface area (Å²) in [7, 11) is 0.232. The SMILES string of the molecule is CN(C)C(c1ccc(F)cc1)C1CCC(CCNC(=O)CC2c3ccccc3CCN2S(=O)(=O)c2ccc(Cl)c(Cl)c2)CC1. The molecule has 0 bridgehead atoms. The van der Waals surface area contributed by atoms with E-state index >= 15 is 0 Å². The molecule has 0 radical (unpaired) electrons. The van der Waals surface area contributed by atoms with Gasteiger partial charge in [-0.25, -0.2) is 12.8 Å². The summed E-state index contributed by atoms with van der Waals surface area (Å²) in [6.07, 6.45) is 5.81. The summed E-state index contributed by atoms with van der Waals surface area (Å²) in [6.45, 7) is 0.823. The van der Waals surface area contributed by atoms with Crippen LogP contribution in [0.15, 0.2) is 71.6 Å². The lowest BCUT2D eigenvalue weighted by atomic mass is 9.75. The topological polar surface area (TPSA) is 69.7 Å². The van der Waals surface area contributed by atoms with Crippen LogP contribution in [0.25, 0.3) is 0 Å². The lowest BCUT2D eigenvalue weighted by Crippen LogP contribution is -2.42. The van der Waals surface area contributed by atoms with Gasteiger partial charge in [0.15, 0.2) is 0 Å². The average Bonchev–Trinajstić information content (AvgIpc) is 3.00. The van der Waals surface area contributed by atoms with Crippen LogP contribution < -0.4 is 5.32 Å².